The van der Waals surface area contributed by atoms with E-state index < -0.39 is 0 Å². The zero-order valence-electron chi connectivity index (χ0n) is 10.9. The molecule has 16 heavy (non-hydrogen) atoms. The molecule has 0 fully saturated rings. The average Bonchev–Trinajstić information content (AvgIpc) is 2.58. The molecule has 0 aliphatic rings. The molecule has 0 atom stereocenters. The number of nitrogen functional groups attached to an aromatic ring is 1. The van der Waals surface area contributed by atoms with Crippen LogP contribution in [-0.4, -0.2) is 9.55 Å². The zero-order valence-corrected chi connectivity index (χ0v) is 10.9. The number of imidazole rings is 1. The van der Waals surface area contributed by atoms with Crippen molar-refractivity contribution in [3.8, 4) is 0 Å². The number of hydrogen-bond acceptors (Lipinski definition) is 2. The molecule has 1 aromatic rings. The van der Waals surface area contributed by atoms with E-state index in [1.807, 2.05) is 0 Å². The Bertz CT molecular complexity index is 315. The van der Waals surface area contributed by atoms with Gasteiger partial charge in [-0.15, -0.1) is 0 Å². The molecule has 3 heteroatoms. The minimum atomic E-state index is 0.898. The van der Waals surface area contributed by atoms with Crippen LogP contribution in [0.1, 0.15) is 58.0 Å². The van der Waals surface area contributed by atoms with E-state index in [2.05, 4.69) is 30.3 Å². The van der Waals surface area contributed by atoms with Crippen molar-refractivity contribution >= 4 is 5.82 Å². The predicted octanol–water partition coefficient (Wildman–Crippen LogP) is 3.17. The molecule has 1 rings (SSSR count). The molecule has 0 bridgehead atoms. The number of rotatable bonds is 7. The first-order valence-corrected chi connectivity index (χ1v) is 6.58. The lowest BCUT2D eigenvalue weighted by Gasteiger charge is -2.06. The molecule has 92 valence electrons. The van der Waals surface area contributed by atoms with Crippen LogP contribution in [0.25, 0.3) is 0 Å². The van der Waals surface area contributed by atoms with Gasteiger partial charge < -0.3 is 10.3 Å². The number of hydrogen-bond donors (Lipinski definition) is 1. The fourth-order valence-electron chi connectivity index (χ4n) is 2.04. The van der Waals surface area contributed by atoms with Crippen LogP contribution < -0.4 is 5.73 Å². The topological polar surface area (TPSA) is 43.8 Å². The summed E-state index contributed by atoms with van der Waals surface area (Å²) in [6.07, 6.45) is 6.83. The quantitative estimate of drug-likeness (QED) is 0.721. The van der Waals surface area contributed by atoms with Crippen molar-refractivity contribution in [3.05, 3.63) is 11.5 Å². The first-order valence-electron chi connectivity index (χ1n) is 6.58. The van der Waals surface area contributed by atoms with E-state index in [0.717, 1.165) is 43.1 Å². The van der Waals surface area contributed by atoms with Crippen molar-refractivity contribution < 1.29 is 0 Å². The zero-order chi connectivity index (χ0) is 12.0. The third-order valence-electron chi connectivity index (χ3n) is 2.94. The van der Waals surface area contributed by atoms with Gasteiger partial charge in [0, 0.05) is 13.0 Å². The fraction of sp³-hybridized carbons (Fsp3) is 0.769. The molecule has 0 saturated carbocycles. The second-order valence-corrected chi connectivity index (χ2v) is 4.32. The van der Waals surface area contributed by atoms with Crippen molar-refractivity contribution in [2.75, 3.05) is 5.73 Å². The van der Waals surface area contributed by atoms with Crippen LogP contribution in [-0.2, 0) is 19.4 Å². The maximum absolute atomic E-state index is 6.15. The third kappa shape index (κ3) is 3.00. The van der Waals surface area contributed by atoms with E-state index in [9.17, 15) is 0 Å². The van der Waals surface area contributed by atoms with Crippen LogP contribution in [0.4, 0.5) is 5.82 Å². The van der Waals surface area contributed by atoms with Crippen molar-refractivity contribution in [1.29, 1.82) is 0 Å². The maximum Gasteiger partial charge on any atom is 0.126 e. The molecule has 0 unspecified atom stereocenters. The third-order valence-corrected chi connectivity index (χ3v) is 2.94. The molecule has 0 aromatic carbocycles. The van der Waals surface area contributed by atoms with Crippen LogP contribution in [0.15, 0.2) is 0 Å². The highest BCUT2D eigenvalue weighted by Crippen LogP contribution is 2.18. The molecule has 2 N–H and O–H groups in total. The van der Waals surface area contributed by atoms with Crippen molar-refractivity contribution in [1.82, 2.24) is 9.55 Å². The molecule has 0 saturated heterocycles. The van der Waals surface area contributed by atoms with Gasteiger partial charge >= 0.3 is 0 Å². The average molecular weight is 223 g/mol. The van der Waals surface area contributed by atoms with Gasteiger partial charge in [-0.25, -0.2) is 4.98 Å². The summed E-state index contributed by atoms with van der Waals surface area (Å²) in [5, 5.41) is 0. The highest BCUT2D eigenvalue weighted by atomic mass is 15.1. The SMILES string of the molecule is CCCCCc1nc(CC)n(CCC)c1N. The summed E-state index contributed by atoms with van der Waals surface area (Å²) in [4.78, 5) is 4.66. The van der Waals surface area contributed by atoms with Gasteiger partial charge in [0.15, 0.2) is 0 Å². The number of aromatic nitrogens is 2. The molecular formula is C13H25N3. The van der Waals surface area contributed by atoms with Crippen LogP contribution in [0.3, 0.4) is 0 Å². The van der Waals surface area contributed by atoms with Gasteiger partial charge in [0.2, 0.25) is 0 Å². The molecule has 0 aliphatic carbocycles. The molecule has 0 amide bonds. The van der Waals surface area contributed by atoms with Gasteiger partial charge in [0.25, 0.3) is 0 Å². The molecule has 3 nitrogen and oxygen atoms in total. The number of nitrogens with zero attached hydrogens (tertiary/aromatic N) is 2. The first kappa shape index (κ1) is 13.1. The highest BCUT2D eigenvalue weighted by Gasteiger charge is 2.12. The molecule has 0 aliphatic heterocycles. The van der Waals surface area contributed by atoms with Gasteiger partial charge in [0.1, 0.15) is 11.6 Å². The summed E-state index contributed by atoms with van der Waals surface area (Å²) in [5.74, 6) is 2.04. The number of anilines is 1. The number of unbranched alkanes of at least 4 members (excludes halogenated alkanes) is 2. The van der Waals surface area contributed by atoms with Crippen molar-refractivity contribution in [3.63, 3.8) is 0 Å². The van der Waals surface area contributed by atoms with Gasteiger partial charge in [0.05, 0.1) is 5.69 Å². The Hall–Kier alpha value is -0.990. The number of aryl methyl sites for hydroxylation is 2. The lowest BCUT2D eigenvalue weighted by Crippen LogP contribution is -2.06. The normalized spacial score (nSPS) is 10.9. The summed E-state index contributed by atoms with van der Waals surface area (Å²) >= 11 is 0. The minimum Gasteiger partial charge on any atom is -0.384 e. The highest BCUT2D eigenvalue weighted by molar-refractivity contribution is 5.38. The van der Waals surface area contributed by atoms with E-state index in [1.165, 1.54) is 19.3 Å². The van der Waals surface area contributed by atoms with Crippen LogP contribution in [0, 0.1) is 0 Å². The van der Waals surface area contributed by atoms with Crippen LogP contribution in [0.5, 0.6) is 0 Å². The summed E-state index contributed by atoms with van der Waals surface area (Å²) in [6.45, 7) is 7.53. The summed E-state index contributed by atoms with van der Waals surface area (Å²) in [7, 11) is 0. The lowest BCUT2D eigenvalue weighted by atomic mass is 10.1. The summed E-state index contributed by atoms with van der Waals surface area (Å²) in [5.41, 5.74) is 7.26. The van der Waals surface area contributed by atoms with E-state index in [4.69, 9.17) is 5.73 Å². The smallest absolute Gasteiger partial charge is 0.126 e. The summed E-state index contributed by atoms with van der Waals surface area (Å²) in [6, 6.07) is 0. The van der Waals surface area contributed by atoms with Gasteiger partial charge in [-0.3, -0.25) is 0 Å². The monoisotopic (exact) mass is 223 g/mol. The Morgan fingerprint density at radius 1 is 1.12 bits per heavy atom. The van der Waals surface area contributed by atoms with E-state index in [0.29, 0.717) is 0 Å². The van der Waals surface area contributed by atoms with Gasteiger partial charge in [-0.2, -0.15) is 0 Å². The molecule has 0 radical (unpaired) electrons. The first-order chi connectivity index (χ1) is 7.74. The van der Waals surface area contributed by atoms with Crippen molar-refractivity contribution in [2.24, 2.45) is 0 Å². The maximum atomic E-state index is 6.15. The standard InChI is InChI=1S/C13H25N3/c1-4-7-8-9-11-13(14)16(10-5-2)12(6-3)15-11/h4-10,14H2,1-3H3. The molecule has 1 heterocycles. The Kier molecular flexibility index (Phi) is 5.36. The van der Waals surface area contributed by atoms with E-state index >= 15 is 0 Å². The lowest BCUT2D eigenvalue weighted by molar-refractivity contribution is 0.650. The second-order valence-electron chi connectivity index (χ2n) is 4.32. The minimum absolute atomic E-state index is 0.898. The van der Waals surface area contributed by atoms with E-state index in [1.54, 1.807) is 0 Å². The largest absolute Gasteiger partial charge is 0.384 e. The molecule has 0 spiro atoms. The van der Waals surface area contributed by atoms with Gasteiger partial charge in [-0.1, -0.05) is 33.6 Å². The Balaban J connectivity index is 2.77. The Morgan fingerprint density at radius 3 is 2.44 bits per heavy atom. The Labute approximate surface area is 99.1 Å². The van der Waals surface area contributed by atoms with E-state index in [-0.39, 0.29) is 0 Å². The Morgan fingerprint density at radius 2 is 1.88 bits per heavy atom. The van der Waals surface area contributed by atoms with Gasteiger partial charge in [-0.05, 0) is 19.3 Å². The van der Waals surface area contributed by atoms with Crippen LogP contribution >= 0.6 is 0 Å². The predicted molar refractivity (Wildman–Crippen MR) is 69.5 cm³/mol. The van der Waals surface area contributed by atoms with Crippen molar-refractivity contribution in [2.45, 2.75) is 65.8 Å². The second kappa shape index (κ2) is 6.56. The fourth-order valence-corrected chi connectivity index (χ4v) is 2.04. The summed E-state index contributed by atoms with van der Waals surface area (Å²) < 4.78 is 2.18. The number of nitrogens with two attached hydrogens (primary N) is 1. The molecule has 1 aromatic heterocycles. The molecular weight excluding hydrogens is 198 g/mol. The van der Waals surface area contributed by atoms with Crippen LogP contribution in [0.2, 0.25) is 0 Å².